The molecule has 4 nitrogen and oxygen atoms in total. The summed E-state index contributed by atoms with van der Waals surface area (Å²) < 4.78 is 17.3. The molecule has 4 heteroatoms. The number of benzene rings is 4. The maximum absolute atomic E-state index is 13.2. The molecule has 4 aromatic rings. The Morgan fingerprint density at radius 3 is 1.44 bits per heavy atom. The minimum absolute atomic E-state index is 0.0313. The molecule has 0 aliphatic rings. The quantitative estimate of drug-likeness (QED) is 0.132. The molecule has 0 radical (unpaired) electrons. The van der Waals surface area contributed by atoms with Gasteiger partial charge >= 0.3 is 0 Å². The molecular weight excluding hydrogens is 532 g/mol. The van der Waals surface area contributed by atoms with E-state index in [1.165, 1.54) is 11.1 Å². The van der Waals surface area contributed by atoms with Crippen molar-refractivity contribution in [2.75, 3.05) is 13.7 Å². The molecule has 0 spiro atoms. The van der Waals surface area contributed by atoms with Gasteiger partial charge in [-0.3, -0.25) is 4.79 Å². The Balaban J connectivity index is 1.40. The minimum Gasteiger partial charge on any atom is -0.488 e. The van der Waals surface area contributed by atoms with Crippen LogP contribution in [0.4, 0.5) is 0 Å². The van der Waals surface area contributed by atoms with Gasteiger partial charge in [0, 0.05) is 29.1 Å². The molecule has 0 aliphatic heterocycles. The molecule has 0 aromatic heterocycles. The summed E-state index contributed by atoms with van der Waals surface area (Å²) in [6.45, 7) is 19.5. The first kappa shape index (κ1) is 31.8. The molecule has 0 heterocycles. The van der Waals surface area contributed by atoms with Gasteiger partial charge in [-0.15, -0.1) is 0 Å². The first-order valence-electron chi connectivity index (χ1n) is 14.7. The highest BCUT2D eigenvalue weighted by atomic mass is 16.5. The summed E-state index contributed by atoms with van der Waals surface area (Å²) in [5.74, 6) is 2.24. The van der Waals surface area contributed by atoms with Crippen molar-refractivity contribution in [3.05, 3.63) is 137 Å². The molecule has 0 unspecified atom stereocenters. The van der Waals surface area contributed by atoms with E-state index >= 15 is 0 Å². The van der Waals surface area contributed by atoms with E-state index in [9.17, 15) is 4.79 Å². The lowest BCUT2D eigenvalue weighted by molar-refractivity contribution is 0.103. The van der Waals surface area contributed by atoms with Gasteiger partial charge in [-0.1, -0.05) is 82.8 Å². The number of hydrogen-bond donors (Lipinski definition) is 0. The van der Waals surface area contributed by atoms with Crippen LogP contribution in [0.1, 0.15) is 81.1 Å². The third-order valence-electron chi connectivity index (χ3n) is 8.00. The molecule has 0 saturated carbocycles. The Labute approximate surface area is 257 Å². The van der Waals surface area contributed by atoms with E-state index in [0.29, 0.717) is 23.5 Å². The highest BCUT2D eigenvalue weighted by molar-refractivity contribution is 6.09. The standard InChI is InChI=1S/C39H44O4/c1-27(26-41-9)38(5,6)30-14-10-28(11-15-30)36(40)29-12-20-33(21-13-29)42-34-22-16-31(17-23-34)39(7,8)32-18-24-35(25-19-32)43-37(2,3)4/h10-25H,1,26H2,2-9H3. The third kappa shape index (κ3) is 7.63. The molecule has 0 amide bonds. The molecule has 4 rings (SSSR count). The van der Waals surface area contributed by atoms with Gasteiger partial charge in [0.15, 0.2) is 5.78 Å². The fourth-order valence-electron chi connectivity index (χ4n) is 4.97. The molecule has 0 N–H and O–H groups in total. The zero-order chi connectivity index (χ0) is 31.4. The van der Waals surface area contributed by atoms with Gasteiger partial charge in [-0.2, -0.15) is 0 Å². The molecule has 0 fully saturated rings. The van der Waals surface area contributed by atoms with Crippen LogP contribution in [0.25, 0.3) is 0 Å². The Morgan fingerprint density at radius 2 is 1.00 bits per heavy atom. The van der Waals surface area contributed by atoms with Crippen molar-refractivity contribution in [2.45, 2.75) is 64.9 Å². The van der Waals surface area contributed by atoms with E-state index in [-0.39, 0.29) is 22.2 Å². The summed E-state index contributed by atoms with van der Waals surface area (Å²) in [5, 5.41) is 0. The zero-order valence-electron chi connectivity index (χ0n) is 26.8. The number of ether oxygens (including phenoxy) is 3. The summed E-state index contributed by atoms with van der Waals surface area (Å²) in [5.41, 5.74) is 5.05. The van der Waals surface area contributed by atoms with E-state index in [1.54, 1.807) is 19.2 Å². The summed E-state index contributed by atoms with van der Waals surface area (Å²) in [6, 6.07) is 31.5. The summed E-state index contributed by atoms with van der Waals surface area (Å²) in [7, 11) is 1.67. The van der Waals surface area contributed by atoms with Crippen LogP contribution in [0.2, 0.25) is 0 Å². The summed E-state index contributed by atoms with van der Waals surface area (Å²) in [4.78, 5) is 13.2. The number of ketones is 1. The Morgan fingerprint density at radius 1 is 0.605 bits per heavy atom. The number of hydrogen-bond acceptors (Lipinski definition) is 4. The maximum atomic E-state index is 13.2. The van der Waals surface area contributed by atoms with Crippen LogP contribution in [0, 0.1) is 0 Å². The van der Waals surface area contributed by atoms with E-state index in [2.05, 4.69) is 58.5 Å². The maximum Gasteiger partial charge on any atom is 0.193 e. The van der Waals surface area contributed by atoms with Crippen molar-refractivity contribution >= 4 is 5.78 Å². The van der Waals surface area contributed by atoms with E-state index < -0.39 is 0 Å². The second kappa shape index (κ2) is 12.6. The molecule has 43 heavy (non-hydrogen) atoms. The van der Waals surface area contributed by atoms with Gasteiger partial charge in [-0.25, -0.2) is 0 Å². The van der Waals surface area contributed by atoms with Crippen molar-refractivity contribution in [3.63, 3.8) is 0 Å². The second-order valence-corrected chi connectivity index (χ2v) is 13.1. The molecule has 0 atom stereocenters. The number of carbonyl (C=O) groups is 1. The van der Waals surface area contributed by atoms with Crippen molar-refractivity contribution in [2.24, 2.45) is 0 Å². The number of rotatable bonds is 11. The van der Waals surface area contributed by atoms with Gasteiger partial charge in [0.1, 0.15) is 22.8 Å². The monoisotopic (exact) mass is 576 g/mol. The molecule has 0 saturated heterocycles. The predicted molar refractivity (Wildman–Crippen MR) is 176 cm³/mol. The van der Waals surface area contributed by atoms with Crippen LogP contribution >= 0.6 is 0 Å². The van der Waals surface area contributed by atoms with Crippen molar-refractivity contribution < 1.29 is 19.0 Å². The molecule has 0 bridgehead atoms. The van der Waals surface area contributed by atoms with Gasteiger partial charge < -0.3 is 14.2 Å². The van der Waals surface area contributed by atoms with Crippen LogP contribution in [0.3, 0.4) is 0 Å². The number of methoxy groups -OCH3 is 1. The topological polar surface area (TPSA) is 44.8 Å². The van der Waals surface area contributed by atoms with Crippen LogP contribution in [0.5, 0.6) is 17.2 Å². The van der Waals surface area contributed by atoms with Crippen LogP contribution in [0.15, 0.2) is 109 Å². The Kier molecular flexibility index (Phi) is 9.32. The van der Waals surface area contributed by atoms with E-state index in [0.717, 1.165) is 22.6 Å². The van der Waals surface area contributed by atoms with E-state index in [4.69, 9.17) is 14.2 Å². The number of carbonyl (C=O) groups excluding carboxylic acids is 1. The Bertz CT molecular complexity index is 1530. The third-order valence-corrected chi connectivity index (χ3v) is 8.00. The van der Waals surface area contributed by atoms with E-state index in [1.807, 2.05) is 81.4 Å². The largest absolute Gasteiger partial charge is 0.488 e. The van der Waals surface area contributed by atoms with Crippen molar-refractivity contribution in [1.29, 1.82) is 0 Å². The molecular formula is C39H44O4. The van der Waals surface area contributed by atoms with Gasteiger partial charge in [-0.05, 0) is 91.6 Å². The van der Waals surface area contributed by atoms with Gasteiger partial charge in [0.2, 0.25) is 0 Å². The average molecular weight is 577 g/mol. The van der Waals surface area contributed by atoms with Crippen LogP contribution < -0.4 is 9.47 Å². The zero-order valence-corrected chi connectivity index (χ0v) is 26.8. The first-order valence-corrected chi connectivity index (χ1v) is 14.7. The minimum atomic E-state index is -0.252. The summed E-state index contributed by atoms with van der Waals surface area (Å²) >= 11 is 0. The average Bonchev–Trinajstić information content (AvgIpc) is 2.97. The van der Waals surface area contributed by atoms with Crippen molar-refractivity contribution in [3.8, 4) is 17.2 Å². The Hall–Kier alpha value is -4.15. The fourth-order valence-corrected chi connectivity index (χ4v) is 4.97. The molecule has 4 aromatic carbocycles. The lowest BCUT2D eigenvalue weighted by Gasteiger charge is -2.28. The smallest absolute Gasteiger partial charge is 0.193 e. The first-order chi connectivity index (χ1) is 20.2. The molecule has 0 aliphatic carbocycles. The van der Waals surface area contributed by atoms with Gasteiger partial charge in [0.25, 0.3) is 0 Å². The summed E-state index contributed by atoms with van der Waals surface area (Å²) in [6.07, 6.45) is 0. The lowest BCUT2D eigenvalue weighted by atomic mass is 9.78. The van der Waals surface area contributed by atoms with Gasteiger partial charge in [0.05, 0.1) is 6.61 Å². The predicted octanol–water partition coefficient (Wildman–Crippen LogP) is 9.69. The molecule has 224 valence electrons. The lowest BCUT2D eigenvalue weighted by Crippen LogP contribution is -2.23. The van der Waals surface area contributed by atoms with Crippen LogP contribution in [-0.4, -0.2) is 25.1 Å². The highest BCUT2D eigenvalue weighted by Gasteiger charge is 2.25. The normalized spacial score (nSPS) is 12.1. The second-order valence-electron chi connectivity index (χ2n) is 13.1. The van der Waals surface area contributed by atoms with Crippen LogP contribution in [-0.2, 0) is 15.6 Å². The fraction of sp³-hybridized carbons (Fsp3) is 0.308. The highest BCUT2D eigenvalue weighted by Crippen LogP contribution is 2.35. The SMILES string of the molecule is C=C(COC)C(C)(C)c1ccc(C(=O)c2ccc(Oc3ccc(C(C)(C)c4ccc(OC(C)(C)C)cc4)cc3)cc2)cc1. The van der Waals surface area contributed by atoms with Crippen molar-refractivity contribution in [1.82, 2.24) is 0 Å².